The fraction of sp³-hybridized carbons (Fsp3) is 0.333. The van der Waals surface area contributed by atoms with E-state index in [4.69, 9.17) is 32.5 Å². The Morgan fingerprint density at radius 2 is 2.04 bits per heavy atom. The van der Waals surface area contributed by atoms with Gasteiger partial charge < -0.3 is 20.9 Å². The highest BCUT2D eigenvalue weighted by Gasteiger charge is 2.29. The molecule has 2 aromatic rings. The second-order valence-electron chi connectivity index (χ2n) is 6.42. The molecule has 25 heavy (non-hydrogen) atoms. The van der Waals surface area contributed by atoms with Gasteiger partial charge in [0.2, 0.25) is 5.95 Å². The fourth-order valence-corrected chi connectivity index (χ4v) is 3.18. The summed E-state index contributed by atoms with van der Waals surface area (Å²) in [4.78, 5) is 8.01. The third kappa shape index (κ3) is 3.64. The molecule has 132 valence electrons. The largest absolute Gasteiger partial charge is 0.490 e. The second kappa shape index (κ2) is 6.44. The van der Waals surface area contributed by atoms with Crippen LogP contribution in [0.15, 0.2) is 24.4 Å². The van der Waals surface area contributed by atoms with Crippen molar-refractivity contribution in [2.45, 2.75) is 32.8 Å². The maximum Gasteiger partial charge on any atom is 0.221 e. The molecule has 1 aromatic heterocycles. The standard InChI is InChI=1S/C18H21ClN4O2/c1-4-24-14-7-10(5-11-9-22-17(21)23-16(11)20)6-12-13(19)8-18(2,3)25-15(12)14/h6-9H,4-5H2,1-3H3,(H4,20,21,22,23). The number of aromatic nitrogens is 2. The molecule has 1 aliphatic rings. The Labute approximate surface area is 151 Å². The molecule has 0 unspecified atom stereocenters. The van der Waals surface area contributed by atoms with Crippen molar-refractivity contribution < 1.29 is 9.47 Å². The third-order valence-electron chi connectivity index (χ3n) is 3.82. The van der Waals surface area contributed by atoms with Gasteiger partial charge in [-0.1, -0.05) is 11.6 Å². The summed E-state index contributed by atoms with van der Waals surface area (Å²) >= 11 is 6.49. The van der Waals surface area contributed by atoms with Crippen LogP contribution in [0.2, 0.25) is 0 Å². The lowest BCUT2D eigenvalue weighted by atomic mass is 9.97. The van der Waals surface area contributed by atoms with Crippen molar-refractivity contribution in [3.8, 4) is 11.5 Å². The van der Waals surface area contributed by atoms with Crippen molar-refractivity contribution in [1.29, 1.82) is 0 Å². The smallest absolute Gasteiger partial charge is 0.221 e. The zero-order chi connectivity index (χ0) is 18.2. The van der Waals surface area contributed by atoms with Crippen molar-refractivity contribution >= 4 is 28.4 Å². The SMILES string of the molecule is CCOc1cc(Cc2cnc(N)nc2N)cc2c1OC(C)(C)C=C2Cl. The number of nitrogens with two attached hydrogens (primary N) is 2. The zero-order valence-electron chi connectivity index (χ0n) is 14.5. The van der Waals surface area contributed by atoms with Crippen LogP contribution < -0.4 is 20.9 Å². The molecule has 6 nitrogen and oxygen atoms in total. The van der Waals surface area contributed by atoms with Crippen molar-refractivity contribution in [2.75, 3.05) is 18.1 Å². The average Bonchev–Trinajstić information content (AvgIpc) is 2.51. The summed E-state index contributed by atoms with van der Waals surface area (Å²) in [6.07, 6.45) is 4.05. The van der Waals surface area contributed by atoms with Crippen LogP contribution in [0.3, 0.4) is 0 Å². The minimum absolute atomic E-state index is 0.156. The Morgan fingerprint density at radius 3 is 2.72 bits per heavy atom. The molecule has 4 N–H and O–H groups in total. The summed E-state index contributed by atoms with van der Waals surface area (Å²) in [7, 11) is 0. The summed E-state index contributed by atoms with van der Waals surface area (Å²) < 4.78 is 11.8. The van der Waals surface area contributed by atoms with E-state index in [-0.39, 0.29) is 5.95 Å². The number of rotatable bonds is 4. The molecule has 0 amide bonds. The van der Waals surface area contributed by atoms with Crippen molar-refractivity contribution in [2.24, 2.45) is 0 Å². The highest BCUT2D eigenvalue weighted by molar-refractivity contribution is 6.49. The van der Waals surface area contributed by atoms with E-state index in [1.54, 1.807) is 6.20 Å². The Kier molecular flexibility index (Phi) is 4.47. The lowest BCUT2D eigenvalue weighted by Gasteiger charge is -2.31. The number of halogens is 1. The second-order valence-corrected chi connectivity index (χ2v) is 6.82. The van der Waals surface area contributed by atoms with E-state index in [2.05, 4.69) is 9.97 Å². The normalized spacial score (nSPS) is 15.1. The van der Waals surface area contributed by atoms with Gasteiger partial charge in [-0.05, 0) is 44.5 Å². The molecule has 0 radical (unpaired) electrons. The van der Waals surface area contributed by atoms with Crippen molar-refractivity contribution in [3.63, 3.8) is 0 Å². The molecule has 0 fully saturated rings. The van der Waals surface area contributed by atoms with Gasteiger partial charge in [-0.3, -0.25) is 0 Å². The number of nitrogens with zero attached hydrogens (tertiary/aromatic N) is 2. The van der Waals surface area contributed by atoms with Crippen LogP contribution in [0.4, 0.5) is 11.8 Å². The third-order valence-corrected chi connectivity index (χ3v) is 4.14. The summed E-state index contributed by atoms with van der Waals surface area (Å²) in [5.41, 5.74) is 13.6. The molecular formula is C18H21ClN4O2. The van der Waals surface area contributed by atoms with Crippen LogP contribution in [0, 0.1) is 0 Å². The summed E-state index contributed by atoms with van der Waals surface area (Å²) in [6.45, 7) is 6.35. The lowest BCUT2D eigenvalue weighted by Crippen LogP contribution is -2.28. The van der Waals surface area contributed by atoms with E-state index < -0.39 is 5.60 Å². The quantitative estimate of drug-likeness (QED) is 0.867. The number of anilines is 2. The van der Waals surface area contributed by atoms with Gasteiger partial charge in [0, 0.05) is 23.7 Å². The first-order valence-electron chi connectivity index (χ1n) is 8.03. The van der Waals surface area contributed by atoms with Crippen LogP contribution in [-0.2, 0) is 6.42 Å². The molecule has 0 aliphatic carbocycles. The Bertz CT molecular complexity index is 849. The topological polar surface area (TPSA) is 96.3 Å². The van der Waals surface area contributed by atoms with Gasteiger partial charge in [-0.2, -0.15) is 4.98 Å². The van der Waals surface area contributed by atoms with Crippen LogP contribution in [-0.4, -0.2) is 22.2 Å². The van der Waals surface area contributed by atoms with Gasteiger partial charge in [0.1, 0.15) is 11.4 Å². The van der Waals surface area contributed by atoms with Crippen LogP contribution >= 0.6 is 11.6 Å². The molecule has 0 saturated heterocycles. The maximum absolute atomic E-state index is 6.49. The van der Waals surface area contributed by atoms with E-state index in [0.29, 0.717) is 35.4 Å². The van der Waals surface area contributed by atoms with E-state index in [9.17, 15) is 0 Å². The predicted molar refractivity (Wildman–Crippen MR) is 99.8 cm³/mol. The highest BCUT2D eigenvalue weighted by atomic mass is 35.5. The summed E-state index contributed by atoms with van der Waals surface area (Å²) in [6, 6.07) is 3.91. The zero-order valence-corrected chi connectivity index (χ0v) is 15.2. The summed E-state index contributed by atoms with van der Waals surface area (Å²) in [5.74, 6) is 1.83. The Hall–Kier alpha value is -2.47. The van der Waals surface area contributed by atoms with Crippen molar-refractivity contribution in [1.82, 2.24) is 9.97 Å². The number of nitrogen functional groups attached to an aromatic ring is 2. The van der Waals surface area contributed by atoms with Crippen LogP contribution in [0.25, 0.3) is 5.03 Å². The van der Waals surface area contributed by atoms with Gasteiger partial charge in [0.05, 0.1) is 11.6 Å². The first-order valence-corrected chi connectivity index (χ1v) is 8.41. The Balaban J connectivity index is 2.05. The first kappa shape index (κ1) is 17.4. The predicted octanol–water partition coefficient (Wildman–Crippen LogP) is 3.38. The lowest BCUT2D eigenvalue weighted by molar-refractivity contribution is 0.149. The highest BCUT2D eigenvalue weighted by Crippen LogP contribution is 2.45. The minimum atomic E-state index is -0.493. The number of hydrogen-bond acceptors (Lipinski definition) is 6. The van der Waals surface area contributed by atoms with E-state index in [1.165, 1.54) is 0 Å². The van der Waals surface area contributed by atoms with Gasteiger partial charge in [-0.15, -0.1) is 0 Å². The Morgan fingerprint density at radius 1 is 1.28 bits per heavy atom. The maximum atomic E-state index is 6.49. The number of fused-ring (bicyclic) bond motifs is 1. The number of benzene rings is 1. The monoisotopic (exact) mass is 360 g/mol. The molecule has 0 atom stereocenters. The first-order chi connectivity index (χ1) is 11.8. The van der Waals surface area contributed by atoms with E-state index >= 15 is 0 Å². The fourth-order valence-electron chi connectivity index (χ4n) is 2.77. The molecule has 1 aliphatic heterocycles. The average molecular weight is 361 g/mol. The van der Waals surface area contributed by atoms with E-state index in [1.807, 2.05) is 39.0 Å². The molecule has 7 heteroatoms. The molecule has 0 spiro atoms. The molecule has 0 saturated carbocycles. The van der Waals surface area contributed by atoms with Gasteiger partial charge in [0.15, 0.2) is 11.5 Å². The molecule has 2 heterocycles. The molecular weight excluding hydrogens is 340 g/mol. The van der Waals surface area contributed by atoms with Gasteiger partial charge >= 0.3 is 0 Å². The number of hydrogen-bond donors (Lipinski definition) is 2. The van der Waals surface area contributed by atoms with Crippen molar-refractivity contribution in [3.05, 3.63) is 41.1 Å². The molecule has 0 bridgehead atoms. The van der Waals surface area contributed by atoms with Gasteiger partial charge in [0.25, 0.3) is 0 Å². The molecule has 3 rings (SSSR count). The van der Waals surface area contributed by atoms with Crippen LogP contribution in [0.5, 0.6) is 11.5 Å². The molecule has 1 aromatic carbocycles. The van der Waals surface area contributed by atoms with E-state index in [0.717, 1.165) is 16.7 Å². The summed E-state index contributed by atoms with van der Waals surface area (Å²) in [5, 5.41) is 0.635. The van der Waals surface area contributed by atoms with Crippen LogP contribution in [0.1, 0.15) is 37.5 Å². The van der Waals surface area contributed by atoms with Gasteiger partial charge in [-0.25, -0.2) is 4.98 Å². The minimum Gasteiger partial charge on any atom is -0.490 e. The number of ether oxygens (including phenoxy) is 2.